The molecule has 3 heterocycles. The molecular formula is C25H27ClF3N3O2. The molecule has 3 aliphatic rings. The summed E-state index contributed by atoms with van der Waals surface area (Å²) in [5, 5.41) is 4.06. The number of nitrogens with one attached hydrogen (secondary N) is 1. The summed E-state index contributed by atoms with van der Waals surface area (Å²) in [7, 11) is 0. The second-order valence-corrected chi connectivity index (χ2v) is 10.0. The van der Waals surface area contributed by atoms with Crippen LogP contribution in [0, 0.1) is 5.41 Å². The SMILES string of the molecule is O=C1N(C(c2ccc(NC3Cc4ccc(Cl)cc4C3)cn2)C(F)(F)F)CCCC12CCOCC2. The number of anilines is 1. The van der Waals surface area contributed by atoms with Gasteiger partial charge in [0.2, 0.25) is 5.91 Å². The largest absolute Gasteiger partial charge is 0.414 e. The van der Waals surface area contributed by atoms with Crippen molar-refractivity contribution in [2.24, 2.45) is 5.41 Å². The van der Waals surface area contributed by atoms with Crippen molar-refractivity contribution in [2.75, 3.05) is 25.1 Å². The van der Waals surface area contributed by atoms with Crippen LogP contribution in [0.1, 0.15) is 48.5 Å². The Hall–Kier alpha value is -2.32. The maximum atomic E-state index is 14.2. The number of carbonyl (C=O) groups is 1. The van der Waals surface area contributed by atoms with E-state index in [0.717, 1.165) is 17.7 Å². The minimum absolute atomic E-state index is 0.0796. The highest BCUT2D eigenvalue weighted by Gasteiger charge is 2.53. The third kappa shape index (κ3) is 4.50. The van der Waals surface area contributed by atoms with Crippen molar-refractivity contribution < 1.29 is 22.7 Å². The molecule has 5 rings (SSSR count). The van der Waals surface area contributed by atoms with E-state index < -0.39 is 23.5 Å². The maximum absolute atomic E-state index is 14.2. The van der Waals surface area contributed by atoms with Crippen molar-refractivity contribution in [1.29, 1.82) is 0 Å². The van der Waals surface area contributed by atoms with Crippen molar-refractivity contribution in [2.45, 2.75) is 56.8 Å². The molecular weight excluding hydrogens is 467 g/mol. The molecule has 0 radical (unpaired) electrons. The summed E-state index contributed by atoms with van der Waals surface area (Å²) in [4.78, 5) is 18.5. The lowest BCUT2D eigenvalue weighted by Crippen LogP contribution is -2.54. The molecule has 1 amide bonds. The van der Waals surface area contributed by atoms with E-state index in [4.69, 9.17) is 16.3 Å². The molecule has 2 unspecified atom stereocenters. The first kappa shape index (κ1) is 23.4. The van der Waals surface area contributed by atoms with Crippen LogP contribution in [0.2, 0.25) is 5.02 Å². The number of ether oxygens (including phenoxy) is 1. The van der Waals surface area contributed by atoms with Crippen molar-refractivity contribution in [1.82, 2.24) is 9.88 Å². The molecule has 1 aliphatic carbocycles. The molecule has 5 nitrogen and oxygen atoms in total. The summed E-state index contributed by atoms with van der Waals surface area (Å²) in [6.07, 6.45) is 0.517. The number of amides is 1. The molecule has 34 heavy (non-hydrogen) atoms. The second-order valence-electron chi connectivity index (χ2n) is 9.57. The first-order chi connectivity index (χ1) is 16.2. The summed E-state index contributed by atoms with van der Waals surface area (Å²) in [5.41, 5.74) is 2.14. The van der Waals surface area contributed by atoms with Crippen LogP contribution in [0.25, 0.3) is 0 Å². The van der Waals surface area contributed by atoms with Gasteiger partial charge in [-0.1, -0.05) is 17.7 Å². The van der Waals surface area contributed by atoms with Crippen molar-refractivity contribution in [3.05, 3.63) is 58.4 Å². The number of nitrogens with zero attached hydrogens (tertiary/aromatic N) is 2. The lowest BCUT2D eigenvalue weighted by Gasteiger charge is -2.46. The van der Waals surface area contributed by atoms with Gasteiger partial charge in [0.25, 0.3) is 0 Å². The van der Waals surface area contributed by atoms with E-state index in [1.807, 2.05) is 18.2 Å². The van der Waals surface area contributed by atoms with E-state index in [-0.39, 0.29) is 18.3 Å². The fraction of sp³-hybridized carbons (Fsp3) is 0.520. The van der Waals surface area contributed by atoms with Gasteiger partial charge >= 0.3 is 6.18 Å². The van der Waals surface area contributed by atoms with Crippen LogP contribution in [-0.2, 0) is 22.4 Å². The van der Waals surface area contributed by atoms with Crippen LogP contribution in [0.4, 0.5) is 18.9 Å². The van der Waals surface area contributed by atoms with Gasteiger partial charge in [-0.2, -0.15) is 13.2 Å². The summed E-state index contributed by atoms with van der Waals surface area (Å²) < 4.78 is 48.1. The molecule has 2 saturated heterocycles. The van der Waals surface area contributed by atoms with Gasteiger partial charge in [-0.25, -0.2) is 0 Å². The molecule has 1 N–H and O–H groups in total. The Kier molecular flexibility index (Phi) is 6.23. The average Bonchev–Trinajstić information content (AvgIpc) is 3.19. The van der Waals surface area contributed by atoms with Crippen LogP contribution in [0.15, 0.2) is 36.5 Å². The minimum Gasteiger partial charge on any atom is -0.381 e. The Morgan fingerprint density at radius 3 is 2.59 bits per heavy atom. The molecule has 0 bridgehead atoms. The fourth-order valence-corrected chi connectivity index (χ4v) is 5.85. The van der Waals surface area contributed by atoms with Gasteiger partial charge in [-0.15, -0.1) is 0 Å². The molecule has 9 heteroatoms. The van der Waals surface area contributed by atoms with Crippen LogP contribution in [0.5, 0.6) is 0 Å². The Balaban J connectivity index is 1.33. The molecule has 182 valence electrons. The number of likely N-dealkylation sites (tertiary alicyclic amines) is 1. The van der Waals surface area contributed by atoms with Gasteiger partial charge in [0.1, 0.15) is 0 Å². The van der Waals surface area contributed by atoms with Gasteiger partial charge in [0, 0.05) is 30.8 Å². The standard InChI is InChI=1S/C25H27ClF3N3O2/c26-18-3-2-16-13-20(14-17(16)12-18)31-19-4-5-21(30-15-19)22(25(27,28)29)32-9-1-6-24(23(32)33)7-10-34-11-8-24/h2-5,12,15,20,22,31H,1,6-11,13-14H2. The maximum Gasteiger partial charge on any atom is 0.414 e. The van der Waals surface area contributed by atoms with Crippen LogP contribution in [0.3, 0.4) is 0 Å². The van der Waals surface area contributed by atoms with Gasteiger partial charge in [-0.05, 0) is 73.9 Å². The van der Waals surface area contributed by atoms with Gasteiger partial charge < -0.3 is 15.0 Å². The van der Waals surface area contributed by atoms with E-state index in [9.17, 15) is 18.0 Å². The summed E-state index contributed by atoms with van der Waals surface area (Å²) in [5.74, 6) is -0.421. The molecule has 1 spiro atoms. The smallest absolute Gasteiger partial charge is 0.381 e. The predicted molar refractivity (Wildman–Crippen MR) is 123 cm³/mol. The predicted octanol–water partition coefficient (Wildman–Crippen LogP) is 5.34. The number of hydrogen-bond donors (Lipinski definition) is 1. The summed E-state index contributed by atoms with van der Waals surface area (Å²) >= 11 is 6.08. The third-order valence-electron chi connectivity index (χ3n) is 7.38. The Morgan fingerprint density at radius 1 is 1.12 bits per heavy atom. The summed E-state index contributed by atoms with van der Waals surface area (Å²) in [6, 6.07) is 6.91. The van der Waals surface area contributed by atoms with Gasteiger partial charge in [0.05, 0.1) is 23.0 Å². The number of rotatable bonds is 4. The normalized spacial score (nSPS) is 23.1. The number of hydrogen-bond acceptors (Lipinski definition) is 4. The zero-order valence-corrected chi connectivity index (χ0v) is 19.5. The Labute approximate surface area is 201 Å². The topological polar surface area (TPSA) is 54.5 Å². The van der Waals surface area contributed by atoms with E-state index in [0.29, 0.717) is 49.6 Å². The number of halogens is 4. The minimum atomic E-state index is -4.62. The number of aromatic nitrogens is 1. The van der Waals surface area contributed by atoms with Crippen LogP contribution >= 0.6 is 11.6 Å². The molecule has 2 fully saturated rings. The molecule has 0 saturated carbocycles. The number of benzene rings is 1. The van der Waals surface area contributed by atoms with Gasteiger partial charge in [-0.3, -0.25) is 9.78 Å². The van der Waals surface area contributed by atoms with E-state index >= 15 is 0 Å². The van der Waals surface area contributed by atoms with E-state index in [2.05, 4.69) is 10.3 Å². The molecule has 2 aliphatic heterocycles. The number of pyridine rings is 1. The Morgan fingerprint density at radius 2 is 1.88 bits per heavy atom. The lowest BCUT2D eigenvalue weighted by atomic mass is 9.72. The zero-order chi connectivity index (χ0) is 23.9. The zero-order valence-electron chi connectivity index (χ0n) is 18.7. The van der Waals surface area contributed by atoms with E-state index in [1.54, 1.807) is 6.07 Å². The fourth-order valence-electron chi connectivity index (χ4n) is 5.65. The van der Waals surface area contributed by atoms with E-state index in [1.165, 1.54) is 23.4 Å². The first-order valence-electron chi connectivity index (χ1n) is 11.7. The number of fused-ring (bicyclic) bond motifs is 1. The number of alkyl halides is 3. The average molecular weight is 494 g/mol. The third-order valence-corrected chi connectivity index (χ3v) is 7.61. The second kappa shape index (κ2) is 9.04. The Bertz CT molecular complexity index is 1050. The highest BCUT2D eigenvalue weighted by Crippen LogP contribution is 2.46. The first-order valence-corrected chi connectivity index (χ1v) is 12.1. The highest BCUT2D eigenvalue weighted by atomic mass is 35.5. The quantitative estimate of drug-likeness (QED) is 0.625. The molecule has 2 atom stereocenters. The number of carbonyl (C=O) groups excluding carboxylic acids is 1. The number of piperidine rings is 1. The van der Waals surface area contributed by atoms with Crippen molar-refractivity contribution in [3.63, 3.8) is 0 Å². The van der Waals surface area contributed by atoms with Crippen molar-refractivity contribution >= 4 is 23.2 Å². The van der Waals surface area contributed by atoms with Crippen LogP contribution in [-0.4, -0.2) is 47.8 Å². The summed E-state index contributed by atoms with van der Waals surface area (Å²) in [6.45, 7) is 0.897. The lowest BCUT2D eigenvalue weighted by molar-refractivity contribution is -0.203. The molecule has 1 aromatic carbocycles. The highest BCUT2D eigenvalue weighted by molar-refractivity contribution is 6.30. The van der Waals surface area contributed by atoms with Crippen LogP contribution < -0.4 is 5.32 Å². The molecule has 2 aromatic rings. The monoisotopic (exact) mass is 493 g/mol. The van der Waals surface area contributed by atoms with Crippen molar-refractivity contribution in [3.8, 4) is 0 Å². The molecule has 1 aromatic heterocycles. The van der Waals surface area contributed by atoms with Gasteiger partial charge in [0.15, 0.2) is 6.04 Å².